The Labute approximate surface area is 180 Å². The Morgan fingerprint density at radius 3 is 2.38 bits per heavy atom. The van der Waals surface area contributed by atoms with Crippen molar-refractivity contribution in [3.63, 3.8) is 0 Å². The van der Waals surface area contributed by atoms with Crippen molar-refractivity contribution in [3.05, 3.63) is 54.4 Å². The minimum absolute atomic E-state index is 0.0304. The van der Waals surface area contributed by atoms with Crippen LogP contribution >= 0.6 is 12.0 Å². The molecule has 0 saturated heterocycles. The smallest absolute Gasteiger partial charge is 0.377 e. The second kappa shape index (κ2) is 17.0. The number of carbonyl (C=O) groups excluding carboxylic acids is 1. The lowest BCUT2D eigenvalue weighted by Gasteiger charge is -2.14. The summed E-state index contributed by atoms with van der Waals surface area (Å²) >= 11 is 1.05. The minimum atomic E-state index is -0.517. The highest BCUT2D eigenvalue weighted by Gasteiger charge is 2.14. The summed E-state index contributed by atoms with van der Waals surface area (Å²) in [5, 5.41) is 0. The Hall–Kier alpha value is -1.92. The molecule has 1 aromatic rings. The Bertz CT molecular complexity index is 600. The fraction of sp³-hybridized carbons (Fsp3) is 0.522. The van der Waals surface area contributed by atoms with Gasteiger partial charge in [0.25, 0.3) is 5.76 Å². The van der Waals surface area contributed by atoms with E-state index in [2.05, 4.69) is 25.7 Å². The number of nitrogens with zero attached hydrogens (tertiary/aromatic N) is 1. The lowest BCUT2D eigenvalue weighted by atomic mass is 10.1. The average Bonchev–Trinajstić information content (AvgIpc) is 2.75. The van der Waals surface area contributed by atoms with Gasteiger partial charge in [-0.3, -0.25) is 0 Å². The number of benzene rings is 1. The molecule has 0 amide bonds. The number of esters is 1. The Balaban J connectivity index is 2.52. The number of allylic oxidation sites excluding steroid dienone is 2. The van der Waals surface area contributed by atoms with Gasteiger partial charge >= 0.3 is 5.97 Å². The van der Waals surface area contributed by atoms with Gasteiger partial charge in [-0.25, -0.2) is 4.79 Å². The van der Waals surface area contributed by atoms with Crippen molar-refractivity contribution in [2.75, 3.05) is 19.7 Å². The van der Waals surface area contributed by atoms with E-state index in [1.807, 2.05) is 36.5 Å². The molecule has 5 nitrogen and oxygen atoms in total. The maximum atomic E-state index is 12.4. The number of hydrogen-bond acceptors (Lipinski definition) is 6. The summed E-state index contributed by atoms with van der Waals surface area (Å²) < 4.78 is 10.5. The highest BCUT2D eigenvalue weighted by molar-refractivity contribution is 7.94. The van der Waals surface area contributed by atoms with E-state index in [1.54, 1.807) is 12.2 Å². The molecule has 0 N–H and O–H groups in total. The van der Waals surface area contributed by atoms with Crippen molar-refractivity contribution < 1.29 is 18.8 Å². The minimum Gasteiger partial charge on any atom is -0.460 e. The number of hydrogen-bond donors (Lipinski definition) is 0. The first kappa shape index (κ1) is 25.1. The van der Waals surface area contributed by atoms with Crippen molar-refractivity contribution in [1.82, 2.24) is 4.90 Å². The lowest BCUT2D eigenvalue weighted by molar-refractivity contribution is -0.175. The zero-order chi connectivity index (χ0) is 21.2. The summed E-state index contributed by atoms with van der Waals surface area (Å²) in [5.74, 6) is -0.487. The standard InChI is InChI=1S/C23H35NO4S/c1-4-7-8-9-10-14-20-26-23(25)22(18-15-19-24(5-2)6-3)27-28-29-21-16-12-11-13-17-21/h11-13,15-19H,4-10,14,20H2,1-3H3/b19-15+,22-18+. The van der Waals surface area contributed by atoms with Crippen LogP contribution in [0.3, 0.4) is 0 Å². The molecule has 0 aromatic heterocycles. The topological polar surface area (TPSA) is 48.0 Å². The second-order valence-electron chi connectivity index (χ2n) is 6.55. The first-order chi connectivity index (χ1) is 14.2. The van der Waals surface area contributed by atoms with Crippen LogP contribution in [0.5, 0.6) is 0 Å². The molecule has 0 saturated carbocycles. The number of ether oxygens (including phenoxy) is 1. The van der Waals surface area contributed by atoms with E-state index in [1.165, 1.54) is 25.7 Å². The van der Waals surface area contributed by atoms with Crippen LogP contribution in [0.4, 0.5) is 0 Å². The van der Waals surface area contributed by atoms with Gasteiger partial charge in [0.2, 0.25) is 0 Å². The van der Waals surface area contributed by atoms with Gasteiger partial charge in [0, 0.05) is 18.0 Å². The normalized spacial score (nSPS) is 11.6. The van der Waals surface area contributed by atoms with Crippen molar-refractivity contribution in [2.45, 2.75) is 64.2 Å². The SMILES string of the molecule is CCCCCCCCOC(=O)/C(=C\C=C\N(CC)CC)OOSc1ccccc1. The average molecular weight is 422 g/mol. The van der Waals surface area contributed by atoms with E-state index in [9.17, 15) is 4.79 Å². The summed E-state index contributed by atoms with van der Waals surface area (Å²) in [6, 6.07) is 9.53. The van der Waals surface area contributed by atoms with Crippen LogP contribution in [-0.2, 0) is 18.8 Å². The number of carbonyl (C=O) groups is 1. The summed E-state index contributed by atoms with van der Waals surface area (Å²) in [5.41, 5.74) is 0. The largest absolute Gasteiger partial charge is 0.460 e. The Morgan fingerprint density at radius 2 is 1.69 bits per heavy atom. The van der Waals surface area contributed by atoms with Gasteiger partial charge in [0.1, 0.15) is 0 Å². The van der Waals surface area contributed by atoms with Gasteiger partial charge in [-0.1, -0.05) is 57.2 Å². The van der Waals surface area contributed by atoms with Gasteiger partial charge in [0.05, 0.1) is 18.6 Å². The second-order valence-corrected chi connectivity index (χ2v) is 7.32. The Morgan fingerprint density at radius 1 is 1.00 bits per heavy atom. The van der Waals surface area contributed by atoms with Crippen LogP contribution in [0.25, 0.3) is 0 Å². The van der Waals surface area contributed by atoms with Gasteiger partial charge in [-0.05, 0) is 50.8 Å². The van der Waals surface area contributed by atoms with Crippen LogP contribution in [0, 0.1) is 0 Å². The predicted molar refractivity (Wildman–Crippen MR) is 119 cm³/mol. The van der Waals surface area contributed by atoms with Gasteiger partial charge < -0.3 is 14.5 Å². The van der Waals surface area contributed by atoms with Gasteiger partial charge in [0.15, 0.2) is 0 Å². The number of unbranched alkanes of at least 4 members (excludes halogenated alkanes) is 5. The van der Waals surface area contributed by atoms with E-state index >= 15 is 0 Å². The Kier molecular flexibility index (Phi) is 14.7. The van der Waals surface area contributed by atoms with E-state index in [0.717, 1.165) is 42.9 Å². The van der Waals surface area contributed by atoms with Crippen molar-refractivity contribution >= 4 is 18.0 Å². The summed E-state index contributed by atoms with van der Waals surface area (Å²) in [7, 11) is 0. The zero-order valence-electron chi connectivity index (χ0n) is 18.0. The third-order valence-electron chi connectivity index (χ3n) is 4.29. The van der Waals surface area contributed by atoms with E-state index in [4.69, 9.17) is 14.0 Å². The van der Waals surface area contributed by atoms with Crippen LogP contribution in [0.2, 0.25) is 0 Å². The van der Waals surface area contributed by atoms with E-state index in [-0.39, 0.29) is 5.76 Å². The van der Waals surface area contributed by atoms with Crippen molar-refractivity contribution in [2.24, 2.45) is 0 Å². The fourth-order valence-electron chi connectivity index (χ4n) is 2.50. The highest BCUT2D eigenvalue weighted by atomic mass is 32.2. The molecule has 162 valence electrons. The predicted octanol–water partition coefficient (Wildman–Crippen LogP) is 6.29. The van der Waals surface area contributed by atoms with E-state index < -0.39 is 5.97 Å². The quantitative estimate of drug-likeness (QED) is 0.0457. The molecule has 0 fully saturated rings. The highest BCUT2D eigenvalue weighted by Crippen LogP contribution is 2.20. The molecule has 0 radical (unpaired) electrons. The van der Waals surface area contributed by atoms with Gasteiger partial charge in [-0.15, -0.1) is 4.33 Å². The van der Waals surface area contributed by atoms with Crippen LogP contribution in [0.15, 0.2) is 59.3 Å². The maximum absolute atomic E-state index is 12.4. The molecule has 0 aliphatic carbocycles. The molecule has 0 unspecified atom stereocenters. The molecule has 0 aliphatic heterocycles. The summed E-state index contributed by atoms with van der Waals surface area (Å²) in [6.07, 6.45) is 12.1. The molecule has 6 heteroatoms. The fourth-order valence-corrected chi connectivity index (χ4v) is 2.96. The molecule has 1 aromatic carbocycles. The molecule has 0 atom stereocenters. The summed E-state index contributed by atoms with van der Waals surface area (Å²) in [4.78, 5) is 20.6. The molecular formula is C23H35NO4S. The zero-order valence-corrected chi connectivity index (χ0v) is 18.8. The number of rotatable bonds is 16. The van der Waals surface area contributed by atoms with Crippen LogP contribution < -0.4 is 0 Å². The third-order valence-corrected chi connectivity index (χ3v) is 4.89. The first-order valence-corrected chi connectivity index (χ1v) is 11.3. The van der Waals surface area contributed by atoms with E-state index in [0.29, 0.717) is 6.61 Å². The van der Waals surface area contributed by atoms with Crippen LogP contribution in [-0.4, -0.2) is 30.6 Å². The van der Waals surface area contributed by atoms with Crippen molar-refractivity contribution in [1.29, 1.82) is 0 Å². The molecular weight excluding hydrogens is 386 g/mol. The van der Waals surface area contributed by atoms with Gasteiger partial charge in [-0.2, -0.15) is 0 Å². The maximum Gasteiger partial charge on any atom is 0.377 e. The molecule has 0 aliphatic rings. The molecule has 0 spiro atoms. The monoisotopic (exact) mass is 421 g/mol. The first-order valence-electron chi connectivity index (χ1n) is 10.6. The third kappa shape index (κ3) is 12.3. The molecule has 1 rings (SSSR count). The van der Waals surface area contributed by atoms with Crippen LogP contribution in [0.1, 0.15) is 59.3 Å². The summed E-state index contributed by atoms with van der Waals surface area (Å²) in [6.45, 7) is 8.51. The lowest BCUT2D eigenvalue weighted by Crippen LogP contribution is -2.15. The molecule has 29 heavy (non-hydrogen) atoms. The molecule has 0 heterocycles. The van der Waals surface area contributed by atoms with Crippen molar-refractivity contribution in [3.8, 4) is 0 Å². The molecule has 0 bridgehead atoms.